The first-order chi connectivity index (χ1) is 12.7. The minimum atomic E-state index is -0.734. The van der Waals surface area contributed by atoms with Crippen molar-refractivity contribution in [1.29, 1.82) is 0 Å². The number of benzene rings is 2. The monoisotopic (exact) mass is 460 g/mol. The molecule has 1 aliphatic rings. The van der Waals surface area contributed by atoms with Gasteiger partial charge in [-0.05, 0) is 48.6 Å². The first-order valence-corrected chi connectivity index (χ1v) is 9.15. The van der Waals surface area contributed by atoms with Crippen LogP contribution < -0.4 is 10.2 Å². The van der Waals surface area contributed by atoms with E-state index >= 15 is 0 Å². The van der Waals surface area contributed by atoms with E-state index in [0.717, 1.165) is 4.90 Å². The molecule has 2 amide bonds. The molecule has 10 heteroatoms. The predicted octanol–water partition coefficient (Wildman–Crippen LogP) is 4.84. The molecule has 1 aliphatic heterocycles. The van der Waals surface area contributed by atoms with Crippen LogP contribution in [0.15, 0.2) is 35.9 Å². The summed E-state index contributed by atoms with van der Waals surface area (Å²) in [6.45, 7) is 0. The van der Waals surface area contributed by atoms with Gasteiger partial charge in [0.15, 0.2) is 5.11 Å². The fourth-order valence-corrected chi connectivity index (χ4v) is 3.67. The number of rotatable bonds is 2. The molecule has 3 rings (SSSR count). The summed E-state index contributed by atoms with van der Waals surface area (Å²) in [7, 11) is 0. The number of thiocarbonyl (C=S) groups is 1. The molecule has 0 radical (unpaired) electrons. The number of halogens is 4. The van der Waals surface area contributed by atoms with Crippen molar-refractivity contribution in [1.82, 2.24) is 5.32 Å². The molecule has 2 aromatic rings. The molecule has 0 atom stereocenters. The van der Waals surface area contributed by atoms with Crippen molar-refractivity contribution in [3.63, 3.8) is 0 Å². The highest BCUT2D eigenvalue weighted by Gasteiger charge is 2.35. The summed E-state index contributed by atoms with van der Waals surface area (Å²) in [4.78, 5) is 26.3. The van der Waals surface area contributed by atoms with Crippen molar-refractivity contribution < 1.29 is 14.7 Å². The van der Waals surface area contributed by atoms with Gasteiger partial charge in [0.25, 0.3) is 11.8 Å². The van der Waals surface area contributed by atoms with Gasteiger partial charge in [-0.2, -0.15) is 0 Å². The van der Waals surface area contributed by atoms with E-state index in [9.17, 15) is 14.7 Å². The van der Waals surface area contributed by atoms with E-state index in [4.69, 9.17) is 58.6 Å². The van der Waals surface area contributed by atoms with Crippen LogP contribution in [0.1, 0.15) is 5.56 Å². The molecule has 0 unspecified atom stereocenters. The molecular formula is C17H8Cl4N2O3S. The number of hydrogen-bond acceptors (Lipinski definition) is 4. The van der Waals surface area contributed by atoms with E-state index in [2.05, 4.69) is 5.32 Å². The second-order valence-corrected chi connectivity index (χ2v) is 7.45. The first kappa shape index (κ1) is 19.9. The maximum Gasteiger partial charge on any atom is 0.270 e. The molecule has 0 saturated carbocycles. The van der Waals surface area contributed by atoms with Gasteiger partial charge in [-0.25, -0.2) is 0 Å². The zero-order valence-electron chi connectivity index (χ0n) is 13.1. The molecule has 1 saturated heterocycles. The van der Waals surface area contributed by atoms with E-state index < -0.39 is 11.8 Å². The van der Waals surface area contributed by atoms with E-state index in [1.807, 2.05) is 0 Å². The fraction of sp³-hybridized carbons (Fsp3) is 0. The van der Waals surface area contributed by atoms with Crippen LogP contribution in [0.2, 0.25) is 20.1 Å². The minimum Gasteiger partial charge on any atom is -0.506 e. The number of carbonyl (C=O) groups excluding carboxylic acids is 2. The van der Waals surface area contributed by atoms with Gasteiger partial charge in [0.2, 0.25) is 0 Å². The normalized spacial score (nSPS) is 16.1. The Labute approximate surface area is 179 Å². The quantitative estimate of drug-likeness (QED) is 0.381. The fourth-order valence-electron chi connectivity index (χ4n) is 2.39. The summed E-state index contributed by atoms with van der Waals surface area (Å²) in [5.74, 6) is -1.79. The number of phenols is 1. The third-order valence-corrected chi connectivity index (χ3v) is 4.94. The molecule has 5 nitrogen and oxygen atoms in total. The summed E-state index contributed by atoms with van der Waals surface area (Å²) in [5.41, 5.74) is 0.0551. The lowest BCUT2D eigenvalue weighted by atomic mass is 10.1. The van der Waals surface area contributed by atoms with Crippen LogP contribution in [0.25, 0.3) is 6.08 Å². The predicted molar refractivity (Wildman–Crippen MR) is 111 cm³/mol. The van der Waals surface area contributed by atoms with E-state index in [-0.39, 0.29) is 42.8 Å². The topological polar surface area (TPSA) is 69.6 Å². The van der Waals surface area contributed by atoms with Gasteiger partial charge in [-0.1, -0.05) is 46.4 Å². The Morgan fingerprint density at radius 2 is 1.67 bits per heavy atom. The second kappa shape index (κ2) is 7.66. The van der Waals surface area contributed by atoms with Crippen molar-refractivity contribution in [3.8, 4) is 5.75 Å². The number of carbonyl (C=O) groups is 2. The Morgan fingerprint density at radius 1 is 1.00 bits per heavy atom. The van der Waals surface area contributed by atoms with E-state index in [1.54, 1.807) is 0 Å². The zero-order valence-corrected chi connectivity index (χ0v) is 16.9. The van der Waals surface area contributed by atoms with Crippen molar-refractivity contribution in [2.75, 3.05) is 4.90 Å². The van der Waals surface area contributed by atoms with Crippen LogP contribution in [-0.2, 0) is 9.59 Å². The van der Waals surface area contributed by atoms with Crippen LogP contribution in [0.4, 0.5) is 5.69 Å². The van der Waals surface area contributed by atoms with Gasteiger partial charge < -0.3 is 5.11 Å². The van der Waals surface area contributed by atoms with Gasteiger partial charge in [0.05, 0.1) is 15.7 Å². The Bertz CT molecular complexity index is 1040. The number of anilines is 1. The molecule has 138 valence electrons. The van der Waals surface area contributed by atoms with Crippen LogP contribution in [0, 0.1) is 0 Å². The average Bonchev–Trinajstić information content (AvgIpc) is 2.57. The molecule has 1 heterocycles. The maximum absolute atomic E-state index is 12.9. The van der Waals surface area contributed by atoms with Crippen LogP contribution >= 0.6 is 58.6 Å². The highest BCUT2D eigenvalue weighted by molar-refractivity contribution is 7.80. The molecule has 0 bridgehead atoms. The highest BCUT2D eigenvalue weighted by atomic mass is 35.5. The van der Waals surface area contributed by atoms with Gasteiger partial charge in [0.1, 0.15) is 11.3 Å². The number of hydrogen-bond donors (Lipinski definition) is 2. The van der Waals surface area contributed by atoms with Crippen molar-refractivity contribution >= 4 is 87.3 Å². The summed E-state index contributed by atoms with van der Waals surface area (Å²) >= 11 is 29.0. The van der Waals surface area contributed by atoms with Crippen LogP contribution in [0.3, 0.4) is 0 Å². The van der Waals surface area contributed by atoms with Gasteiger partial charge in [-0.3, -0.25) is 19.8 Å². The summed E-state index contributed by atoms with van der Waals surface area (Å²) in [5, 5.41) is 13.1. The van der Waals surface area contributed by atoms with Crippen LogP contribution in [-0.4, -0.2) is 22.0 Å². The molecule has 2 N–H and O–H groups in total. The SMILES string of the molecule is O=C1NC(=S)N(c2ccc(Cl)cc2Cl)C(=O)C1=Cc1cc(Cl)cc(Cl)c1O. The van der Waals surface area contributed by atoms with E-state index in [1.165, 1.54) is 36.4 Å². The molecule has 0 aliphatic carbocycles. The van der Waals surface area contributed by atoms with Gasteiger partial charge >= 0.3 is 0 Å². The Kier molecular flexibility index (Phi) is 5.65. The Morgan fingerprint density at radius 3 is 2.33 bits per heavy atom. The maximum atomic E-state index is 12.9. The number of aromatic hydroxyl groups is 1. The molecule has 2 aromatic carbocycles. The summed E-state index contributed by atoms with van der Waals surface area (Å²) in [6, 6.07) is 7.16. The Hall–Kier alpha value is -1.83. The second-order valence-electron chi connectivity index (χ2n) is 5.38. The van der Waals surface area contributed by atoms with Gasteiger partial charge in [-0.15, -0.1) is 0 Å². The standard InChI is InChI=1S/C17H8Cl4N2O3S/c18-8-1-2-13(11(20)5-8)23-16(26)10(15(25)22-17(23)27)4-7-3-9(19)6-12(21)14(7)24/h1-6,24H,(H,22,25,27). The lowest BCUT2D eigenvalue weighted by Crippen LogP contribution is -2.54. The Balaban J connectivity index is 2.11. The third kappa shape index (κ3) is 3.90. The molecule has 1 fully saturated rings. The van der Waals surface area contributed by atoms with Crippen molar-refractivity contribution in [2.24, 2.45) is 0 Å². The average molecular weight is 462 g/mol. The third-order valence-electron chi connectivity index (χ3n) is 3.61. The van der Waals surface area contributed by atoms with Crippen molar-refractivity contribution in [3.05, 3.63) is 61.6 Å². The smallest absolute Gasteiger partial charge is 0.270 e. The zero-order chi connectivity index (χ0) is 19.9. The van der Waals surface area contributed by atoms with Gasteiger partial charge in [0, 0.05) is 15.6 Å². The van der Waals surface area contributed by atoms with Crippen molar-refractivity contribution in [2.45, 2.75) is 0 Å². The molecule has 0 spiro atoms. The number of phenolic OH excluding ortho intramolecular Hbond substituents is 1. The van der Waals surface area contributed by atoms with Crippen LogP contribution in [0.5, 0.6) is 5.75 Å². The molecule has 27 heavy (non-hydrogen) atoms. The number of amides is 2. The largest absolute Gasteiger partial charge is 0.506 e. The lowest BCUT2D eigenvalue weighted by Gasteiger charge is -2.29. The summed E-state index contributed by atoms with van der Waals surface area (Å²) in [6.07, 6.45) is 1.17. The minimum absolute atomic E-state index is 0.0221. The number of nitrogens with zero attached hydrogens (tertiary/aromatic N) is 1. The summed E-state index contributed by atoms with van der Waals surface area (Å²) < 4.78 is 0. The number of nitrogens with one attached hydrogen (secondary N) is 1. The molecular weight excluding hydrogens is 454 g/mol. The highest BCUT2D eigenvalue weighted by Crippen LogP contribution is 2.35. The lowest BCUT2D eigenvalue weighted by molar-refractivity contribution is -0.122. The first-order valence-electron chi connectivity index (χ1n) is 7.23. The molecule has 0 aromatic heterocycles. The van der Waals surface area contributed by atoms with E-state index in [0.29, 0.717) is 5.02 Å².